The summed E-state index contributed by atoms with van der Waals surface area (Å²) in [7, 11) is 0. The molecular formula is C17H11N3O2S. The lowest BCUT2D eigenvalue weighted by Gasteiger charge is -2.10. The number of carbonyl (C=O) groups excluding carboxylic acids is 1. The lowest BCUT2D eigenvalue weighted by molar-refractivity contribution is 0.102. The van der Waals surface area contributed by atoms with Gasteiger partial charge in [0, 0.05) is 0 Å². The lowest BCUT2D eigenvalue weighted by atomic mass is 10.2. The van der Waals surface area contributed by atoms with Gasteiger partial charge in [0.05, 0.1) is 11.8 Å². The highest BCUT2D eigenvalue weighted by Crippen LogP contribution is 2.26. The Bertz CT molecular complexity index is 869. The number of nitriles is 1. The number of ether oxygens (including phenoxy) is 1. The van der Waals surface area contributed by atoms with E-state index in [-0.39, 0.29) is 5.91 Å². The van der Waals surface area contributed by atoms with Gasteiger partial charge in [-0.25, -0.2) is 4.98 Å². The molecule has 3 rings (SSSR count). The molecule has 112 valence electrons. The molecule has 0 atom stereocenters. The first-order valence-electron chi connectivity index (χ1n) is 6.75. The number of aromatic nitrogens is 1. The minimum absolute atomic E-state index is 0.338. The van der Waals surface area contributed by atoms with Crippen LogP contribution in [0.2, 0.25) is 0 Å². The predicted molar refractivity (Wildman–Crippen MR) is 87.7 cm³/mol. The molecule has 23 heavy (non-hydrogen) atoms. The second-order valence-corrected chi connectivity index (χ2v) is 5.54. The van der Waals surface area contributed by atoms with Crippen molar-refractivity contribution in [2.75, 3.05) is 5.32 Å². The van der Waals surface area contributed by atoms with Gasteiger partial charge in [0.1, 0.15) is 22.4 Å². The topological polar surface area (TPSA) is 75.0 Å². The van der Waals surface area contributed by atoms with Gasteiger partial charge < -0.3 is 4.74 Å². The van der Waals surface area contributed by atoms with Crippen LogP contribution < -0.4 is 10.1 Å². The number of hydrogen-bond donors (Lipinski definition) is 1. The molecule has 1 aromatic heterocycles. The summed E-state index contributed by atoms with van der Waals surface area (Å²) < 4.78 is 5.76. The van der Waals surface area contributed by atoms with Crippen molar-refractivity contribution >= 4 is 22.4 Å². The fraction of sp³-hybridized carbons (Fsp3) is 0. The third-order valence-corrected chi connectivity index (χ3v) is 3.76. The maximum Gasteiger partial charge on any atom is 0.261 e. The van der Waals surface area contributed by atoms with Crippen LogP contribution in [-0.2, 0) is 0 Å². The normalized spacial score (nSPS) is 9.87. The molecule has 0 aliphatic rings. The molecule has 3 aromatic rings. The number of nitrogens with one attached hydrogen (secondary N) is 1. The number of rotatable bonds is 4. The zero-order valence-electron chi connectivity index (χ0n) is 11.9. The Balaban J connectivity index is 1.82. The van der Waals surface area contributed by atoms with Crippen molar-refractivity contribution in [2.45, 2.75) is 0 Å². The van der Waals surface area contributed by atoms with Gasteiger partial charge >= 0.3 is 0 Å². The van der Waals surface area contributed by atoms with Crippen LogP contribution in [0.15, 0.2) is 60.8 Å². The Morgan fingerprint density at radius 3 is 2.61 bits per heavy atom. The van der Waals surface area contributed by atoms with E-state index in [2.05, 4.69) is 10.3 Å². The first-order valence-corrected chi connectivity index (χ1v) is 7.57. The summed E-state index contributed by atoms with van der Waals surface area (Å²) in [5.41, 5.74) is 0.394. The smallest absolute Gasteiger partial charge is 0.261 e. The zero-order chi connectivity index (χ0) is 16.1. The maximum atomic E-state index is 12.4. The Morgan fingerprint density at radius 1 is 1.13 bits per heavy atom. The number of anilines is 1. The number of nitrogens with zero attached hydrogens (tertiary/aromatic N) is 2. The van der Waals surface area contributed by atoms with Crippen molar-refractivity contribution in [3.8, 4) is 17.6 Å². The lowest BCUT2D eigenvalue weighted by Crippen LogP contribution is -2.12. The minimum Gasteiger partial charge on any atom is -0.457 e. The molecule has 1 heterocycles. The van der Waals surface area contributed by atoms with E-state index in [0.717, 1.165) is 11.3 Å². The zero-order valence-corrected chi connectivity index (χ0v) is 12.7. The van der Waals surface area contributed by atoms with Crippen LogP contribution in [-0.4, -0.2) is 10.9 Å². The molecule has 0 fully saturated rings. The second kappa shape index (κ2) is 6.73. The van der Waals surface area contributed by atoms with E-state index in [0.29, 0.717) is 27.1 Å². The average Bonchev–Trinajstić information content (AvgIpc) is 3.04. The van der Waals surface area contributed by atoms with E-state index in [9.17, 15) is 4.79 Å². The van der Waals surface area contributed by atoms with Crippen LogP contribution in [0.25, 0.3) is 0 Å². The molecule has 0 unspecified atom stereocenters. The van der Waals surface area contributed by atoms with Crippen LogP contribution in [0.1, 0.15) is 15.2 Å². The number of benzene rings is 2. The molecule has 0 saturated heterocycles. The molecule has 1 amide bonds. The van der Waals surface area contributed by atoms with Crippen molar-refractivity contribution < 1.29 is 9.53 Å². The molecular weight excluding hydrogens is 310 g/mol. The predicted octanol–water partition coefficient (Wildman–Crippen LogP) is 4.06. The van der Waals surface area contributed by atoms with Crippen molar-refractivity contribution in [1.29, 1.82) is 5.26 Å². The molecule has 5 nitrogen and oxygen atoms in total. The van der Waals surface area contributed by atoms with Crippen molar-refractivity contribution in [1.82, 2.24) is 4.98 Å². The van der Waals surface area contributed by atoms with Gasteiger partial charge in [-0.05, 0) is 24.3 Å². The van der Waals surface area contributed by atoms with E-state index in [1.807, 2.05) is 36.4 Å². The van der Waals surface area contributed by atoms with E-state index in [1.54, 1.807) is 24.3 Å². The van der Waals surface area contributed by atoms with Gasteiger partial charge in [0.15, 0.2) is 5.13 Å². The summed E-state index contributed by atoms with van der Waals surface area (Å²) in [6.07, 6.45) is 1.42. The Morgan fingerprint density at radius 2 is 1.87 bits per heavy atom. The first-order chi connectivity index (χ1) is 11.3. The molecule has 0 bridgehead atoms. The highest BCUT2D eigenvalue weighted by atomic mass is 32.1. The first kappa shape index (κ1) is 14.8. The van der Waals surface area contributed by atoms with Crippen molar-refractivity contribution in [2.24, 2.45) is 0 Å². The third-order valence-electron chi connectivity index (χ3n) is 2.94. The fourth-order valence-electron chi connectivity index (χ4n) is 1.91. The van der Waals surface area contributed by atoms with E-state index in [1.165, 1.54) is 6.20 Å². The third kappa shape index (κ3) is 3.54. The molecule has 6 heteroatoms. The largest absolute Gasteiger partial charge is 0.457 e. The number of carbonyl (C=O) groups is 1. The van der Waals surface area contributed by atoms with E-state index < -0.39 is 0 Å². The van der Waals surface area contributed by atoms with Crippen LogP contribution in [0, 0.1) is 11.3 Å². The maximum absolute atomic E-state index is 12.4. The summed E-state index contributed by atoms with van der Waals surface area (Å²) in [5.74, 6) is 0.761. The van der Waals surface area contributed by atoms with Crippen LogP contribution in [0.4, 0.5) is 5.13 Å². The monoisotopic (exact) mass is 321 g/mol. The second-order valence-electron chi connectivity index (χ2n) is 4.51. The molecule has 1 N–H and O–H groups in total. The van der Waals surface area contributed by atoms with E-state index in [4.69, 9.17) is 10.00 Å². The van der Waals surface area contributed by atoms with Crippen LogP contribution in [0.5, 0.6) is 11.5 Å². The number of para-hydroxylation sites is 2. The fourth-order valence-corrected chi connectivity index (χ4v) is 2.52. The highest BCUT2D eigenvalue weighted by Gasteiger charge is 2.14. The Hall–Kier alpha value is -3.17. The molecule has 0 aliphatic carbocycles. The molecule has 0 radical (unpaired) electrons. The quantitative estimate of drug-likeness (QED) is 0.786. The van der Waals surface area contributed by atoms with Gasteiger partial charge in [-0.15, -0.1) is 0 Å². The van der Waals surface area contributed by atoms with Gasteiger partial charge in [0.2, 0.25) is 0 Å². The highest BCUT2D eigenvalue weighted by molar-refractivity contribution is 7.16. The van der Waals surface area contributed by atoms with Crippen molar-refractivity contribution in [3.05, 3.63) is 71.2 Å². The van der Waals surface area contributed by atoms with E-state index >= 15 is 0 Å². The van der Waals surface area contributed by atoms with Crippen LogP contribution >= 0.6 is 11.3 Å². The van der Waals surface area contributed by atoms with Gasteiger partial charge in [0.25, 0.3) is 5.91 Å². The van der Waals surface area contributed by atoms with Gasteiger partial charge in [-0.1, -0.05) is 41.7 Å². The minimum atomic E-state index is -0.338. The molecule has 2 aromatic carbocycles. The van der Waals surface area contributed by atoms with Crippen LogP contribution in [0.3, 0.4) is 0 Å². The van der Waals surface area contributed by atoms with Crippen molar-refractivity contribution in [3.63, 3.8) is 0 Å². The molecule has 0 aliphatic heterocycles. The standard InChI is InChI=1S/C17H11N3O2S/c18-10-13-11-19-17(23-13)20-16(21)14-8-4-5-9-15(14)22-12-6-2-1-3-7-12/h1-9,11H,(H,19,20,21). The number of thiazole rings is 1. The summed E-state index contributed by atoms with van der Waals surface area (Å²) in [4.78, 5) is 16.8. The Labute approximate surface area is 136 Å². The number of hydrogen-bond acceptors (Lipinski definition) is 5. The summed E-state index contributed by atoms with van der Waals surface area (Å²) in [5, 5.41) is 11.9. The average molecular weight is 321 g/mol. The van der Waals surface area contributed by atoms with Gasteiger partial charge in [-0.3, -0.25) is 10.1 Å². The number of amides is 1. The summed E-state index contributed by atoms with van der Waals surface area (Å²) >= 11 is 1.12. The summed E-state index contributed by atoms with van der Waals surface area (Å²) in [6, 6.07) is 18.2. The van der Waals surface area contributed by atoms with Gasteiger partial charge in [-0.2, -0.15) is 5.26 Å². The Kier molecular flexibility index (Phi) is 4.32. The molecule has 0 saturated carbocycles. The molecule has 0 spiro atoms. The summed E-state index contributed by atoms with van der Waals surface area (Å²) in [6.45, 7) is 0. The SMILES string of the molecule is N#Cc1cnc(NC(=O)c2ccccc2Oc2ccccc2)s1.